The topological polar surface area (TPSA) is 8.29 Å². The Morgan fingerprint density at radius 2 is 1.62 bits per heavy atom. The van der Waals surface area contributed by atoms with Crippen LogP contribution in [0.5, 0.6) is 0 Å². The number of rotatable bonds is 6. The second-order valence-corrected chi connectivity index (χ2v) is 11.3. The molecule has 2 nitrogen and oxygen atoms in total. The highest BCUT2D eigenvalue weighted by atomic mass is 15.2. The quantitative estimate of drug-likeness (QED) is 0.214. The van der Waals surface area contributed by atoms with Crippen molar-refractivity contribution in [1.29, 1.82) is 0 Å². The summed E-state index contributed by atoms with van der Waals surface area (Å²) in [6.45, 7) is 7.04. The van der Waals surface area contributed by atoms with Gasteiger partial charge in [0.15, 0.2) is 0 Å². The second kappa shape index (κ2) is 8.58. The van der Waals surface area contributed by atoms with E-state index in [9.17, 15) is 0 Å². The van der Waals surface area contributed by atoms with Gasteiger partial charge in [0.2, 0.25) is 0 Å². The van der Waals surface area contributed by atoms with Crippen LogP contribution in [0.2, 0.25) is 0 Å². The van der Waals surface area contributed by atoms with Crippen LogP contribution >= 0.6 is 0 Å². The van der Waals surface area contributed by atoms with Gasteiger partial charge in [-0.2, -0.15) is 4.40 Å². The summed E-state index contributed by atoms with van der Waals surface area (Å²) in [7, 11) is 0. The highest BCUT2D eigenvalue weighted by molar-refractivity contribution is 6.09. The van der Waals surface area contributed by atoms with Crippen LogP contribution in [-0.4, -0.2) is 4.40 Å². The number of benzene rings is 3. The van der Waals surface area contributed by atoms with Crippen molar-refractivity contribution in [2.75, 3.05) is 0 Å². The van der Waals surface area contributed by atoms with Crippen LogP contribution in [0.25, 0.3) is 38.8 Å². The lowest BCUT2D eigenvalue weighted by molar-refractivity contribution is -0.735. The van der Waals surface area contributed by atoms with Crippen LogP contribution in [0.3, 0.4) is 0 Å². The Balaban J connectivity index is 1.65. The predicted molar refractivity (Wildman–Crippen MR) is 154 cm³/mol. The normalized spacial score (nSPS) is 18.2. The number of pyridine rings is 1. The molecule has 7 rings (SSSR count). The fraction of sp³-hybridized carbons (Fsp3) is 0.343. The zero-order valence-corrected chi connectivity index (χ0v) is 22.5. The summed E-state index contributed by atoms with van der Waals surface area (Å²) in [5.41, 5.74) is 12.9. The van der Waals surface area contributed by atoms with Gasteiger partial charge >= 0.3 is 0 Å². The Morgan fingerprint density at radius 1 is 0.838 bits per heavy atom. The summed E-state index contributed by atoms with van der Waals surface area (Å²) >= 11 is 0. The van der Waals surface area contributed by atoms with Crippen molar-refractivity contribution in [3.05, 3.63) is 95.3 Å². The average molecular weight is 486 g/mol. The molecule has 3 aromatic carbocycles. The molecule has 0 fully saturated rings. The molecule has 1 atom stereocenters. The Hall–Kier alpha value is -3.39. The molecule has 0 spiro atoms. The molecule has 2 aromatic heterocycles. The first-order valence-electron chi connectivity index (χ1n) is 14.4. The fourth-order valence-corrected chi connectivity index (χ4v) is 7.46. The van der Waals surface area contributed by atoms with E-state index in [1.54, 1.807) is 5.69 Å². The molecule has 186 valence electrons. The van der Waals surface area contributed by atoms with Gasteiger partial charge in [0.05, 0.1) is 5.39 Å². The van der Waals surface area contributed by atoms with Gasteiger partial charge < -0.3 is 0 Å². The van der Waals surface area contributed by atoms with Gasteiger partial charge in [0.1, 0.15) is 22.6 Å². The third-order valence-electron chi connectivity index (χ3n) is 9.48. The lowest BCUT2D eigenvalue weighted by Crippen LogP contribution is -2.53. The zero-order valence-electron chi connectivity index (χ0n) is 22.5. The van der Waals surface area contributed by atoms with Crippen LogP contribution < -0.4 is 4.57 Å². The number of unbranched alkanes of at least 4 members (excludes halogenated alkanes) is 1. The molecule has 4 heterocycles. The first-order chi connectivity index (χ1) is 18.2. The largest absolute Gasteiger partial charge is 0.295 e. The highest BCUT2D eigenvalue weighted by Crippen LogP contribution is 2.46. The van der Waals surface area contributed by atoms with Crippen molar-refractivity contribution in [3.63, 3.8) is 0 Å². The first kappa shape index (κ1) is 22.8. The maximum atomic E-state index is 2.80. The third-order valence-corrected chi connectivity index (χ3v) is 9.48. The van der Waals surface area contributed by atoms with Gasteiger partial charge in [0.25, 0.3) is 5.65 Å². The zero-order chi connectivity index (χ0) is 25.1. The van der Waals surface area contributed by atoms with E-state index in [1.807, 2.05) is 0 Å². The standard InChI is InChI=1S/C35H37N2/c1-4-6-11-25-16-18-27(19-17-25)31-29-15-10-14-26-20-22-35(5-2)23-21-30-24(3)36(34(32(26)29)37(30)35)33(31)28-12-8-7-9-13-28/h7-10,12-19H,4-6,11,20-23H2,1-3H3/q+1. The lowest BCUT2D eigenvalue weighted by Gasteiger charge is -2.24. The Labute approximate surface area is 220 Å². The molecule has 2 heteroatoms. The minimum atomic E-state index is 0.233. The van der Waals surface area contributed by atoms with Crippen molar-refractivity contribution in [1.82, 2.24) is 4.40 Å². The van der Waals surface area contributed by atoms with Crippen LogP contribution in [0.1, 0.15) is 68.5 Å². The van der Waals surface area contributed by atoms with E-state index in [4.69, 9.17) is 0 Å². The van der Waals surface area contributed by atoms with Gasteiger partial charge in [0, 0.05) is 29.9 Å². The first-order valence-corrected chi connectivity index (χ1v) is 14.4. The summed E-state index contributed by atoms with van der Waals surface area (Å²) < 4.78 is 5.44. The smallest absolute Gasteiger partial charge is 0.221 e. The van der Waals surface area contributed by atoms with Crippen LogP contribution in [0, 0.1) is 6.92 Å². The SMILES string of the molecule is CCCCc1ccc(-c2c(-c3ccccc3)n3c(C)c4[n+]5c3c3c(cccc23)CCC5(CC)CC4)cc1. The van der Waals surface area contributed by atoms with Crippen molar-refractivity contribution in [2.24, 2.45) is 0 Å². The molecule has 2 aliphatic rings. The number of hydrogen-bond acceptors (Lipinski definition) is 0. The summed E-state index contributed by atoms with van der Waals surface area (Å²) in [4.78, 5) is 0. The monoisotopic (exact) mass is 485 g/mol. The number of hydrogen-bond donors (Lipinski definition) is 0. The second-order valence-electron chi connectivity index (χ2n) is 11.3. The van der Waals surface area contributed by atoms with Gasteiger partial charge in [-0.25, -0.2) is 4.57 Å². The van der Waals surface area contributed by atoms with Gasteiger partial charge in [-0.3, -0.25) is 0 Å². The van der Waals surface area contributed by atoms with E-state index >= 15 is 0 Å². The maximum Gasteiger partial charge on any atom is 0.295 e. The van der Waals surface area contributed by atoms with E-state index in [0.717, 1.165) is 12.8 Å². The van der Waals surface area contributed by atoms with Crippen molar-refractivity contribution < 1.29 is 4.57 Å². The molecule has 0 bridgehead atoms. The molecule has 1 unspecified atom stereocenters. The molecule has 0 N–H and O–H groups in total. The van der Waals surface area contributed by atoms with E-state index in [2.05, 4.69) is 103 Å². The number of aromatic nitrogens is 2. The lowest BCUT2D eigenvalue weighted by atomic mass is 9.87. The van der Waals surface area contributed by atoms with Crippen molar-refractivity contribution in [3.8, 4) is 22.4 Å². The molecule has 5 aromatic rings. The van der Waals surface area contributed by atoms with E-state index in [0.29, 0.717) is 0 Å². The van der Waals surface area contributed by atoms with E-state index < -0.39 is 0 Å². The minimum Gasteiger partial charge on any atom is -0.221 e. The molecule has 0 radical (unpaired) electrons. The van der Waals surface area contributed by atoms with Crippen molar-refractivity contribution >= 4 is 16.4 Å². The Kier molecular flexibility index (Phi) is 5.29. The van der Waals surface area contributed by atoms with E-state index in [1.165, 1.54) is 94.1 Å². The molecular weight excluding hydrogens is 448 g/mol. The predicted octanol–water partition coefficient (Wildman–Crippen LogP) is 8.36. The van der Waals surface area contributed by atoms with Crippen LogP contribution in [0.15, 0.2) is 72.8 Å². The van der Waals surface area contributed by atoms with E-state index in [-0.39, 0.29) is 5.54 Å². The summed E-state index contributed by atoms with van der Waals surface area (Å²) in [5.74, 6) is 0. The number of nitrogens with zero attached hydrogens (tertiary/aromatic N) is 2. The summed E-state index contributed by atoms with van der Waals surface area (Å²) in [5, 5.41) is 2.87. The average Bonchev–Trinajstić information content (AvgIpc) is 3.42. The number of imidazole rings is 1. The molecule has 2 aliphatic heterocycles. The molecule has 0 saturated carbocycles. The van der Waals surface area contributed by atoms with Crippen molar-refractivity contribution in [2.45, 2.75) is 77.7 Å². The molecule has 37 heavy (non-hydrogen) atoms. The third kappa shape index (κ3) is 3.21. The highest BCUT2D eigenvalue weighted by Gasteiger charge is 2.48. The van der Waals surface area contributed by atoms with Gasteiger partial charge in [-0.05, 0) is 55.2 Å². The molecule has 0 saturated heterocycles. The van der Waals surface area contributed by atoms with Gasteiger partial charge in [-0.15, -0.1) is 0 Å². The summed E-state index contributed by atoms with van der Waals surface area (Å²) in [6.07, 6.45) is 9.67. The fourth-order valence-electron chi connectivity index (χ4n) is 7.46. The van der Waals surface area contributed by atoms with Crippen LogP contribution in [-0.2, 0) is 24.8 Å². The molecular formula is C35H37N2+. The Morgan fingerprint density at radius 3 is 2.38 bits per heavy atom. The molecule has 0 aliphatic carbocycles. The maximum absolute atomic E-state index is 2.80. The van der Waals surface area contributed by atoms with Crippen LogP contribution in [0.4, 0.5) is 0 Å². The van der Waals surface area contributed by atoms with Gasteiger partial charge in [-0.1, -0.05) is 93.1 Å². The summed E-state index contributed by atoms with van der Waals surface area (Å²) in [6, 6.07) is 27.6. The Bertz CT molecular complexity index is 1640. The number of aryl methyl sites for hydroxylation is 3. The minimum absolute atomic E-state index is 0.233. The molecule has 0 amide bonds.